The SMILES string of the molecule is c1ccc(-c2nc(-c3ccc(-c4ccc5c(c4)nc(-c4ccccc4)c4ccc6oc7ccccc7c6c45)cc3)nc(-c3ccc4c(c3)oc3ccccc34)n2)cc1.c1ccc(-c2nc(-c3ccc4c(c3)sc3ccccc34)nc(-c3c4ccccc4c(-c4ccc5c(c4)nc(-c4ccccc4)c4ccc6oc7ccccc7c6c45)c4ccccc34)n2)cc1. The molecule has 576 valence electrons. The third-order valence-corrected chi connectivity index (χ3v) is 25.4. The van der Waals surface area contributed by atoms with Gasteiger partial charge in [-0.15, -0.1) is 11.3 Å². The van der Waals surface area contributed by atoms with Crippen LogP contribution in [0.15, 0.2) is 401 Å². The Balaban J connectivity index is 0.000000137. The highest BCUT2D eigenvalue weighted by Gasteiger charge is 2.26. The van der Waals surface area contributed by atoms with Gasteiger partial charge >= 0.3 is 0 Å². The molecule has 0 atom stereocenters. The lowest BCUT2D eigenvalue weighted by molar-refractivity contribution is 0.668. The van der Waals surface area contributed by atoms with Crippen LogP contribution in [0, 0.1) is 0 Å². The first-order chi connectivity index (χ1) is 61.4. The Morgan fingerprint density at radius 2 is 0.492 bits per heavy atom. The molecule has 0 saturated heterocycles. The van der Waals surface area contributed by atoms with Gasteiger partial charge in [0.15, 0.2) is 34.9 Å². The monoisotopic (exact) mass is 1600 g/mol. The Hall–Kier alpha value is -16.5. The highest BCUT2D eigenvalue weighted by molar-refractivity contribution is 7.25. The van der Waals surface area contributed by atoms with E-state index in [-0.39, 0.29) is 0 Å². The zero-order chi connectivity index (χ0) is 81.5. The molecule has 8 aromatic heterocycles. The van der Waals surface area contributed by atoms with Gasteiger partial charge in [0.25, 0.3) is 0 Å². The van der Waals surface area contributed by atoms with Gasteiger partial charge in [0.05, 0.1) is 22.4 Å². The predicted octanol–water partition coefficient (Wildman–Crippen LogP) is 30.2. The summed E-state index contributed by atoms with van der Waals surface area (Å²) in [6.45, 7) is 0. The van der Waals surface area contributed by atoms with Crippen molar-refractivity contribution in [1.82, 2.24) is 39.9 Å². The molecule has 0 spiro atoms. The molecule has 11 nitrogen and oxygen atoms in total. The molecule has 0 unspecified atom stereocenters. The Morgan fingerprint density at radius 3 is 1.02 bits per heavy atom. The summed E-state index contributed by atoms with van der Waals surface area (Å²) >= 11 is 1.80. The summed E-state index contributed by atoms with van der Waals surface area (Å²) in [4.78, 5) is 41.7. The van der Waals surface area contributed by atoms with Gasteiger partial charge in [0, 0.05) is 129 Å². The van der Waals surface area contributed by atoms with Crippen molar-refractivity contribution < 1.29 is 13.3 Å². The molecule has 18 aromatic carbocycles. The van der Waals surface area contributed by atoms with Crippen LogP contribution in [0.5, 0.6) is 0 Å². The summed E-state index contributed by atoms with van der Waals surface area (Å²) in [5.74, 6) is 3.68. The molecule has 0 aliphatic rings. The highest BCUT2D eigenvalue weighted by Crippen LogP contribution is 2.49. The van der Waals surface area contributed by atoms with Crippen molar-refractivity contribution in [2.75, 3.05) is 0 Å². The molecule has 0 saturated carbocycles. The summed E-state index contributed by atoms with van der Waals surface area (Å²) in [5, 5.41) is 20.0. The number of benzene rings is 18. The maximum atomic E-state index is 6.45. The van der Waals surface area contributed by atoms with Gasteiger partial charge < -0.3 is 13.3 Å². The molecular formula is C112H64N8O3S. The minimum atomic E-state index is 0.580. The van der Waals surface area contributed by atoms with Gasteiger partial charge in [-0.1, -0.05) is 309 Å². The highest BCUT2D eigenvalue weighted by atomic mass is 32.1. The Bertz CT molecular complexity index is 8820. The fraction of sp³-hybridized carbons (Fsp3) is 0. The second-order valence-electron chi connectivity index (χ2n) is 31.4. The van der Waals surface area contributed by atoms with E-state index in [1.165, 1.54) is 20.2 Å². The molecule has 0 fully saturated rings. The fourth-order valence-corrected chi connectivity index (χ4v) is 19.6. The lowest BCUT2D eigenvalue weighted by atomic mass is 9.87. The third kappa shape index (κ3) is 11.7. The standard InChI is InChI=1S/C60H34N4OS.C52H30N4O2/c1-3-15-35(16-4-1)57-47-31-32-50-56(46-24-11-13-25-49(46)65-50)54(47)45-30-27-37(33-48(45)61-57)53-41-20-7-9-22-43(41)55(44-23-10-8-21-42(44)53)60-63-58(36-17-5-2-6-18-36)62-59(64-60)38-28-29-40-39-19-12-14-26-51(39)66-52(40)34-38;1-3-11-32(12-4-1)49-41-27-28-45-48(40-16-8-10-18-44(40)57-45)47(41)39-26-23-35(29-42(39)53-49)31-19-21-34(22-20-31)51-54-50(33-13-5-2-6-14-33)55-52(56-51)36-24-25-38-37-15-7-9-17-43(37)58-46(38)30-36/h1-34H;1-30H. The van der Waals surface area contributed by atoms with E-state index in [0.29, 0.717) is 34.9 Å². The van der Waals surface area contributed by atoms with E-state index in [4.69, 9.17) is 53.1 Å². The van der Waals surface area contributed by atoms with E-state index < -0.39 is 0 Å². The zero-order valence-electron chi connectivity index (χ0n) is 66.2. The first-order valence-corrected chi connectivity index (χ1v) is 42.2. The Morgan fingerprint density at radius 1 is 0.161 bits per heavy atom. The lowest BCUT2D eigenvalue weighted by Gasteiger charge is -2.18. The van der Waals surface area contributed by atoms with Gasteiger partial charge in [-0.05, 0) is 123 Å². The maximum Gasteiger partial charge on any atom is 0.165 e. The van der Waals surface area contributed by atoms with Crippen molar-refractivity contribution in [3.63, 3.8) is 0 Å². The van der Waals surface area contributed by atoms with Crippen molar-refractivity contribution in [2.24, 2.45) is 0 Å². The smallest absolute Gasteiger partial charge is 0.165 e. The van der Waals surface area contributed by atoms with E-state index in [9.17, 15) is 0 Å². The van der Waals surface area contributed by atoms with Crippen molar-refractivity contribution in [3.8, 4) is 113 Å². The van der Waals surface area contributed by atoms with Crippen LogP contribution in [0.4, 0.5) is 0 Å². The number of aromatic nitrogens is 8. The van der Waals surface area contributed by atoms with Crippen molar-refractivity contribution >= 4 is 162 Å². The summed E-state index contributed by atoms with van der Waals surface area (Å²) in [6.07, 6.45) is 0. The largest absolute Gasteiger partial charge is 0.456 e. The quantitative estimate of drug-likeness (QED) is 0.0954. The van der Waals surface area contributed by atoms with E-state index in [2.05, 4.69) is 285 Å². The molecule has 26 aromatic rings. The van der Waals surface area contributed by atoms with Crippen LogP contribution >= 0.6 is 11.3 Å². The molecule has 0 bridgehead atoms. The van der Waals surface area contributed by atoms with Gasteiger partial charge in [-0.25, -0.2) is 39.9 Å². The van der Waals surface area contributed by atoms with Crippen LogP contribution in [0.2, 0.25) is 0 Å². The van der Waals surface area contributed by atoms with E-state index in [0.717, 1.165) is 209 Å². The number of furan rings is 3. The molecule has 26 rings (SSSR count). The number of hydrogen-bond acceptors (Lipinski definition) is 12. The van der Waals surface area contributed by atoms with E-state index in [1.807, 2.05) is 103 Å². The van der Waals surface area contributed by atoms with Crippen LogP contribution in [0.1, 0.15) is 0 Å². The maximum absolute atomic E-state index is 6.45. The van der Waals surface area contributed by atoms with Crippen molar-refractivity contribution in [2.45, 2.75) is 0 Å². The molecule has 0 N–H and O–H groups in total. The number of rotatable bonds is 10. The van der Waals surface area contributed by atoms with Gasteiger partial charge in [0.1, 0.15) is 33.5 Å². The fourth-order valence-electron chi connectivity index (χ4n) is 18.5. The van der Waals surface area contributed by atoms with Gasteiger partial charge in [-0.2, -0.15) is 0 Å². The second kappa shape index (κ2) is 28.6. The van der Waals surface area contributed by atoms with Crippen LogP contribution in [-0.4, -0.2) is 39.9 Å². The Labute approximate surface area is 711 Å². The average molecular weight is 1600 g/mol. The summed E-state index contributed by atoms with van der Waals surface area (Å²) < 4.78 is 21.5. The molecule has 0 radical (unpaired) electrons. The zero-order valence-corrected chi connectivity index (χ0v) is 67.0. The topological polar surface area (TPSA) is 143 Å². The minimum absolute atomic E-state index is 0.580. The second-order valence-corrected chi connectivity index (χ2v) is 32.5. The first-order valence-electron chi connectivity index (χ1n) is 41.4. The number of para-hydroxylation sites is 3. The molecule has 0 amide bonds. The molecule has 0 aliphatic heterocycles. The van der Waals surface area contributed by atoms with E-state index >= 15 is 0 Å². The number of fused-ring (bicyclic) bond motifs is 22. The number of thiophene rings is 1. The van der Waals surface area contributed by atoms with Crippen LogP contribution in [0.25, 0.3) is 264 Å². The molecular weight excluding hydrogens is 1540 g/mol. The van der Waals surface area contributed by atoms with E-state index in [1.54, 1.807) is 11.3 Å². The van der Waals surface area contributed by atoms with Crippen LogP contribution < -0.4 is 0 Å². The van der Waals surface area contributed by atoms with Crippen molar-refractivity contribution in [3.05, 3.63) is 388 Å². The van der Waals surface area contributed by atoms with Crippen LogP contribution in [0.3, 0.4) is 0 Å². The molecule has 12 heteroatoms. The average Bonchev–Trinajstić information content (AvgIpc) is 1.07. The Kier molecular flexibility index (Phi) is 16.3. The third-order valence-electron chi connectivity index (χ3n) is 24.2. The van der Waals surface area contributed by atoms with Crippen LogP contribution in [-0.2, 0) is 0 Å². The summed E-state index contributed by atoms with van der Waals surface area (Å²) in [6, 6.07) is 135. The minimum Gasteiger partial charge on any atom is -0.456 e. The summed E-state index contributed by atoms with van der Waals surface area (Å²) in [5.41, 5.74) is 20.9. The van der Waals surface area contributed by atoms with Gasteiger partial charge in [-0.3, -0.25) is 0 Å². The molecule has 124 heavy (non-hydrogen) atoms. The number of hydrogen-bond donors (Lipinski definition) is 0. The lowest BCUT2D eigenvalue weighted by Crippen LogP contribution is -2.01. The predicted molar refractivity (Wildman–Crippen MR) is 509 cm³/mol. The molecule has 0 aliphatic carbocycles. The molecule has 8 heterocycles. The summed E-state index contributed by atoms with van der Waals surface area (Å²) in [7, 11) is 0. The number of pyridine rings is 2. The number of nitrogens with zero attached hydrogens (tertiary/aromatic N) is 8. The first kappa shape index (κ1) is 70.5. The van der Waals surface area contributed by atoms with Gasteiger partial charge in [0.2, 0.25) is 0 Å². The van der Waals surface area contributed by atoms with Crippen molar-refractivity contribution in [1.29, 1.82) is 0 Å². The normalized spacial score (nSPS) is 11.9.